The number of hydrogen-bond donors (Lipinski definition) is 1. The summed E-state index contributed by atoms with van der Waals surface area (Å²) in [6.45, 7) is 10.9. The van der Waals surface area contributed by atoms with Crippen molar-refractivity contribution < 1.29 is 4.79 Å². The maximum absolute atomic E-state index is 12.6. The second kappa shape index (κ2) is 4.27. The van der Waals surface area contributed by atoms with Gasteiger partial charge in [0, 0.05) is 5.54 Å². The van der Waals surface area contributed by atoms with E-state index < -0.39 is 0 Å². The average molecular weight is 238 g/mol. The average Bonchev–Trinajstić information content (AvgIpc) is 3.02. The molecule has 0 bridgehead atoms. The van der Waals surface area contributed by atoms with E-state index in [1.54, 1.807) is 0 Å². The number of nitrogens with one attached hydrogen (secondary N) is 1. The van der Waals surface area contributed by atoms with Gasteiger partial charge >= 0.3 is 0 Å². The number of carbonyl (C=O) groups is 1. The summed E-state index contributed by atoms with van der Waals surface area (Å²) < 4.78 is 0. The first kappa shape index (κ1) is 12.9. The van der Waals surface area contributed by atoms with Crippen molar-refractivity contribution in [1.29, 1.82) is 0 Å². The van der Waals surface area contributed by atoms with Gasteiger partial charge in [0.25, 0.3) is 0 Å². The van der Waals surface area contributed by atoms with Gasteiger partial charge in [-0.1, -0.05) is 20.8 Å². The summed E-state index contributed by atoms with van der Waals surface area (Å²) in [5.74, 6) is 1.38. The van der Waals surface area contributed by atoms with Crippen LogP contribution in [0.5, 0.6) is 0 Å². The van der Waals surface area contributed by atoms with Crippen LogP contribution < -0.4 is 5.32 Å². The summed E-state index contributed by atoms with van der Waals surface area (Å²) in [5, 5.41) is 3.51. The van der Waals surface area contributed by atoms with Gasteiger partial charge in [0.2, 0.25) is 5.91 Å². The van der Waals surface area contributed by atoms with Gasteiger partial charge in [0.05, 0.1) is 12.2 Å². The Hall–Kier alpha value is -0.570. The van der Waals surface area contributed by atoms with Crippen LogP contribution in [0.4, 0.5) is 0 Å². The van der Waals surface area contributed by atoms with Crippen molar-refractivity contribution in [1.82, 2.24) is 10.2 Å². The Balaban J connectivity index is 2.22. The molecular formula is C14H26N2O. The molecule has 3 heteroatoms. The number of carbonyl (C=O) groups excluding carboxylic acids is 1. The molecule has 1 saturated carbocycles. The number of hydrogen-bond acceptors (Lipinski definition) is 2. The zero-order valence-electron chi connectivity index (χ0n) is 11.8. The molecule has 0 spiro atoms. The molecule has 1 aliphatic carbocycles. The largest absolute Gasteiger partial charge is 0.320 e. The van der Waals surface area contributed by atoms with Crippen LogP contribution >= 0.6 is 0 Å². The van der Waals surface area contributed by atoms with Gasteiger partial charge in [-0.15, -0.1) is 0 Å². The lowest BCUT2D eigenvalue weighted by atomic mass is 9.94. The molecular weight excluding hydrogens is 212 g/mol. The van der Waals surface area contributed by atoms with Crippen molar-refractivity contribution in [2.24, 2.45) is 11.8 Å². The highest BCUT2D eigenvalue weighted by Crippen LogP contribution is 2.45. The van der Waals surface area contributed by atoms with E-state index in [9.17, 15) is 4.79 Å². The van der Waals surface area contributed by atoms with Crippen molar-refractivity contribution in [3.63, 3.8) is 0 Å². The fourth-order valence-corrected chi connectivity index (χ4v) is 3.11. The standard InChI is InChI=1S/C14H26N2O/c1-6-11-15-12(9(2)3)13(17)16(11)14(4,5)10-7-8-10/h9-12,15H,6-8H2,1-5H3. The SMILES string of the molecule is CCC1NC(C(C)C)C(=O)N1C(C)(C)C1CC1. The fourth-order valence-electron chi connectivity index (χ4n) is 3.11. The Kier molecular flexibility index (Phi) is 3.23. The molecule has 1 heterocycles. The molecule has 98 valence electrons. The highest BCUT2D eigenvalue weighted by Gasteiger charge is 2.51. The smallest absolute Gasteiger partial charge is 0.241 e. The van der Waals surface area contributed by atoms with Crippen molar-refractivity contribution in [3.05, 3.63) is 0 Å². The van der Waals surface area contributed by atoms with E-state index in [4.69, 9.17) is 0 Å². The Morgan fingerprint density at radius 3 is 2.41 bits per heavy atom. The third-order valence-corrected chi connectivity index (χ3v) is 4.44. The maximum atomic E-state index is 12.6. The molecule has 0 radical (unpaired) electrons. The minimum Gasteiger partial charge on any atom is -0.320 e. The highest BCUT2D eigenvalue weighted by atomic mass is 16.2. The van der Waals surface area contributed by atoms with Crippen LogP contribution in [0.1, 0.15) is 53.9 Å². The topological polar surface area (TPSA) is 32.3 Å². The van der Waals surface area contributed by atoms with Crippen LogP contribution in [0, 0.1) is 11.8 Å². The summed E-state index contributed by atoms with van der Waals surface area (Å²) in [6, 6.07) is 0.0120. The lowest BCUT2D eigenvalue weighted by Gasteiger charge is -2.39. The molecule has 2 fully saturated rings. The first-order chi connectivity index (χ1) is 7.89. The number of nitrogens with zero attached hydrogens (tertiary/aromatic N) is 1. The second-order valence-electron chi connectivity index (χ2n) is 6.45. The number of amides is 1. The van der Waals surface area contributed by atoms with Gasteiger partial charge < -0.3 is 4.90 Å². The zero-order valence-corrected chi connectivity index (χ0v) is 11.8. The van der Waals surface area contributed by atoms with E-state index in [0.717, 1.165) is 6.42 Å². The van der Waals surface area contributed by atoms with Gasteiger partial charge in [-0.2, -0.15) is 0 Å². The molecule has 3 nitrogen and oxygen atoms in total. The van der Waals surface area contributed by atoms with Gasteiger partial charge in [0.15, 0.2) is 0 Å². The highest BCUT2D eigenvalue weighted by molar-refractivity contribution is 5.85. The van der Waals surface area contributed by atoms with Crippen LogP contribution in [0.15, 0.2) is 0 Å². The van der Waals surface area contributed by atoms with E-state index in [1.165, 1.54) is 12.8 Å². The third-order valence-electron chi connectivity index (χ3n) is 4.44. The van der Waals surface area contributed by atoms with Crippen LogP contribution in [0.2, 0.25) is 0 Å². The molecule has 1 amide bonds. The molecule has 1 N–H and O–H groups in total. The first-order valence-electron chi connectivity index (χ1n) is 6.98. The normalized spacial score (nSPS) is 30.5. The monoisotopic (exact) mass is 238 g/mol. The first-order valence-corrected chi connectivity index (χ1v) is 6.98. The van der Waals surface area contributed by atoms with Crippen molar-refractivity contribution in [2.75, 3.05) is 0 Å². The summed E-state index contributed by atoms with van der Waals surface area (Å²) in [5.41, 5.74) is 0.0222. The van der Waals surface area contributed by atoms with E-state index in [-0.39, 0.29) is 17.7 Å². The lowest BCUT2D eigenvalue weighted by Crippen LogP contribution is -2.52. The Labute approximate surface area is 105 Å². The minimum absolute atomic E-state index is 0.0120. The van der Waals surface area contributed by atoms with Gasteiger partial charge in [0.1, 0.15) is 0 Å². The summed E-state index contributed by atoms with van der Waals surface area (Å²) >= 11 is 0. The van der Waals surface area contributed by atoms with E-state index >= 15 is 0 Å². The molecule has 1 saturated heterocycles. The van der Waals surface area contributed by atoms with Gasteiger partial charge in [-0.25, -0.2) is 0 Å². The van der Waals surface area contributed by atoms with Crippen molar-refractivity contribution >= 4 is 5.91 Å². The Morgan fingerprint density at radius 1 is 1.41 bits per heavy atom. The maximum Gasteiger partial charge on any atom is 0.241 e. The third kappa shape index (κ3) is 2.10. The van der Waals surface area contributed by atoms with Crippen molar-refractivity contribution in [2.45, 2.75) is 71.6 Å². The number of rotatable bonds is 4. The lowest BCUT2D eigenvalue weighted by molar-refractivity contribution is -0.136. The molecule has 0 aromatic rings. The summed E-state index contributed by atoms with van der Waals surface area (Å²) in [7, 11) is 0. The summed E-state index contributed by atoms with van der Waals surface area (Å²) in [6.07, 6.45) is 3.77. The molecule has 0 aromatic carbocycles. The fraction of sp³-hybridized carbons (Fsp3) is 0.929. The van der Waals surface area contributed by atoms with Gasteiger partial charge in [-0.3, -0.25) is 10.1 Å². The Morgan fingerprint density at radius 2 is 2.00 bits per heavy atom. The molecule has 2 atom stereocenters. The second-order valence-corrected chi connectivity index (χ2v) is 6.45. The molecule has 1 aliphatic heterocycles. The van der Waals surface area contributed by atoms with Crippen LogP contribution in [0.25, 0.3) is 0 Å². The molecule has 17 heavy (non-hydrogen) atoms. The summed E-state index contributed by atoms with van der Waals surface area (Å²) in [4.78, 5) is 14.7. The quantitative estimate of drug-likeness (QED) is 0.815. The van der Waals surface area contributed by atoms with Gasteiger partial charge in [-0.05, 0) is 44.9 Å². The predicted octanol–water partition coefficient (Wildman–Crippen LogP) is 2.37. The Bertz CT molecular complexity index is 307. The zero-order chi connectivity index (χ0) is 12.8. The molecule has 0 aromatic heterocycles. The molecule has 2 rings (SSSR count). The van der Waals surface area contributed by atoms with E-state index in [1.807, 2.05) is 0 Å². The minimum atomic E-state index is 0.0120. The van der Waals surface area contributed by atoms with E-state index in [0.29, 0.717) is 17.7 Å². The molecule has 2 unspecified atom stereocenters. The van der Waals surface area contributed by atoms with Crippen LogP contribution in [-0.4, -0.2) is 28.6 Å². The predicted molar refractivity (Wildman–Crippen MR) is 69.5 cm³/mol. The van der Waals surface area contributed by atoms with Crippen LogP contribution in [-0.2, 0) is 4.79 Å². The van der Waals surface area contributed by atoms with Crippen molar-refractivity contribution in [3.8, 4) is 0 Å². The van der Waals surface area contributed by atoms with Crippen LogP contribution in [0.3, 0.4) is 0 Å². The van der Waals surface area contributed by atoms with E-state index in [2.05, 4.69) is 44.8 Å². The molecule has 2 aliphatic rings.